The van der Waals surface area contributed by atoms with E-state index in [1.807, 2.05) is 4.90 Å². The van der Waals surface area contributed by atoms with Crippen molar-refractivity contribution in [2.75, 3.05) is 47.3 Å². The summed E-state index contributed by atoms with van der Waals surface area (Å²) in [6.45, 7) is 2.82. The minimum absolute atomic E-state index is 0.158. The molecule has 0 aliphatic carbocycles. The van der Waals surface area contributed by atoms with Gasteiger partial charge in [0.2, 0.25) is 0 Å². The van der Waals surface area contributed by atoms with Crippen LogP contribution in [0.25, 0.3) is 0 Å². The molecule has 0 saturated carbocycles. The van der Waals surface area contributed by atoms with Crippen molar-refractivity contribution >= 4 is 5.97 Å². The second-order valence-electron chi connectivity index (χ2n) is 4.18. The van der Waals surface area contributed by atoms with E-state index in [1.54, 1.807) is 32.4 Å². The maximum Gasteiger partial charge on any atom is 0.339 e. The number of benzene rings is 1. The minimum atomic E-state index is -0.999. The second-order valence-corrected chi connectivity index (χ2v) is 4.18. The number of carboxylic acids is 1. The molecule has 6 heteroatoms. The van der Waals surface area contributed by atoms with Gasteiger partial charge in [-0.15, -0.1) is 0 Å². The first-order chi connectivity index (χ1) is 9.69. The third kappa shape index (κ3) is 5.56. The highest BCUT2D eigenvalue weighted by molar-refractivity contribution is 5.90. The zero-order valence-electron chi connectivity index (χ0n) is 11.9. The maximum atomic E-state index is 11.1. The lowest BCUT2D eigenvalue weighted by atomic mass is 10.2. The highest BCUT2D eigenvalue weighted by atomic mass is 16.5. The van der Waals surface area contributed by atoms with Gasteiger partial charge in [0.1, 0.15) is 18.0 Å². The van der Waals surface area contributed by atoms with E-state index < -0.39 is 5.97 Å². The maximum absolute atomic E-state index is 11.1. The SMILES string of the molecule is COCCN(CCOC)COc1ccccc1C(=O)O. The van der Waals surface area contributed by atoms with Crippen molar-refractivity contribution in [1.29, 1.82) is 0 Å². The molecule has 1 rings (SSSR count). The molecule has 0 unspecified atom stereocenters. The van der Waals surface area contributed by atoms with Crippen LogP contribution in [0.3, 0.4) is 0 Å². The van der Waals surface area contributed by atoms with Gasteiger partial charge in [-0.05, 0) is 12.1 Å². The van der Waals surface area contributed by atoms with Crippen LogP contribution in [0.15, 0.2) is 24.3 Å². The lowest BCUT2D eigenvalue weighted by Gasteiger charge is -2.22. The molecule has 0 aromatic heterocycles. The molecule has 1 aromatic rings. The molecule has 0 fully saturated rings. The van der Waals surface area contributed by atoms with E-state index in [-0.39, 0.29) is 12.3 Å². The van der Waals surface area contributed by atoms with Gasteiger partial charge in [-0.2, -0.15) is 0 Å². The molecule has 6 nitrogen and oxygen atoms in total. The average molecular weight is 283 g/mol. The van der Waals surface area contributed by atoms with Gasteiger partial charge in [0.05, 0.1) is 13.2 Å². The monoisotopic (exact) mass is 283 g/mol. The number of ether oxygens (including phenoxy) is 3. The van der Waals surface area contributed by atoms with Gasteiger partial charge in [-0.3, -0.25) is 4.90 Å². The van der Waals surface area contributed by atoms with Crippen molar-refractivity contribution in [2.24, 2.45) is 0 Å². The van der Waals surface area contributed by atoms with Crippen molar-refractivity contribution in [3.63, 3.8) is 0 Å². The topological polar surface area (TPSA) is 68.2 Å². The number of aromatic carboxylic acids is 1. The Bertz CT molecular complexity index is 402. The summed E-state index contributed by atoms with van der Waals surface area (Å²) < 4.78 is 15.7. The third-order valence-electron chi connectivity index (χ3n) is 2.74. The van der Waals surface area contributed by atoms with Crippen LogP contribution in [0, 0.1) is 0 Å². The highest BCUT2D eigenvalue weighted by Gasteiger charge is 2.12. The summed E-state index contributed by atoms with van der Waals surface area (Å²) in [5.41, 5.74) is 0.158. The fraction of sp³-hybridized carbons (Fsp3) is 0.500. The normalized spacial score (nSPS) is 10.8. The molecule has 112 valence electrons. The standard InChI is InChI=1S/C14H21NO5/c1-18-9-7-15(8-10-19-2)11-20-13-6-4-3-5-12(13)14(16)17/h3-6H,7-11H2,1-2H3,(H,16,17). The minimum Gasteiger partial charge on any atom is -0.478 e. The number of carbonyl (C=O) groups is 1. The first-order valence-electron chi connectivity index (χ1n) is 6.34. The number of para-hydroxylation sites is 1. The summed E-state index contributed by atoms with van der Waals surface area (Å²) in [6.07, 6.45) is 0. The Hall–Kier alpha value is -1.63. The van der Waals surface area contributed by atoms with Gasteiger partial charge in [0, 0.05) is 27.3 Å². The molecular weight excluding hydrogens is 262 g/mol. The third-order valence-corrected chi connectivity index (χ3v) is 2.74. The predicted molar refractivity (Wildman–Crippen MR) is 74.2 cm³/mol. The molecule has 0 radical (unpaired) electrons. The van der Waals surface area contributed by atoms with Crippen molar-refractivity contribution in [2.45, 2.75) is 0 Å². The second kappa shape index (κ2) is 9.30. The molecule has 0 bridgehead atoms. The molecule has 1 N–H and O–H groups in total. The number of carboxylic acid groups (broad SMARTS) is 1. The van der Waals surface area contributed by atoms with Gasteiger partial charge >= 0.3 is 5.97 Å². The molecule has 0 saturated heterocycles. The van der Waals surface area contributed by atoms with Crippen LogP contribution >= 0.6 is 0 Å². The van der Waals surface area contributed by atoms with Gasteiger partial charge in [-0.25, -0.2) is 4.79 Å². The van der Waals surface area contributed by atoms with Crippen LogP contribution in [0.4, 0.5) is 0 Å². The van der Waals surface area contributed by atoms with E-state index in [0.29, 0.717) is 32.1 Å². The van der Waals surface area contributed by atoms with Gasteiger partial charge in [0.25, 0.3) is 0 Å². The van der Waals surface area contributed by atoms with E-state index in [4.69, 9.17) is 19.3 Å². The predicted octanol–water partition coefficient (Wildman–Crippen LogP) is 1.32. The Balaban J connectivity index is 2.59. The fourth-order valence-electron chi connectivity index (χ4n) is 1.61. The quantitative estimate of drug-likeness (QED) is 0.653. The first-order valence-corrected chi connectivity index (χ1v) is 6.34. The van der Waals surface area contributed by atoms with E-state index in [9.17, 15) is 4.79 Å². The fourth-order valence-corrected chi connectivity index (χ4v) is 1.61. The van der Waals surface area contributed by atoms with E-state index in [0.717, 1.165) is 0 Å². The van der Waals surface area contributed by atoms with Gasteiger partial charge < -0.3 is 19.3 Å². The summed E-state index contributed by atoms with van der Waals surface area (Å²) >= 11 is 0. The van der Waals surface area contributed by atoms with Crippen LogP contribution in [0.1, 0.15) is 10.4 Å². The Labute approximate surface area is 118 Å². The zero-order chi connectivity index (χ0) is 14.8. The van der Waals surface area contributed by atoms with Crippen LogP contribution in [-0.2, 0) is 9.47 Å². The Kier molecular flexibility index (Phi) is 7.64. The van der Waals surface area contributed by atoms with E-state index in [2.05, 4.69) is 0 Å². The number of nitrogens with zero attached hydrogens (tertiary/aromatic N) is 1. The largest absolute Gasteiger partial charge is 0.478 e. The van der Waals surface area contributed by atoms with Crippen LogP contribution in [0.5, 0.6) is 5.75 Å². The van der Waals surface area contributed by atoms with Crippen molar-refractivity contribution in [1.82, 2.24) is 4.90 Å². The van der Waals surface area contributed by atoms with Crippen LogP contribution in [0.2, 0.25) is 0 Å². The number of hydrogen-bond donors (Lipinski definition) is 1. The number of methoxy groups -OCH3 is 2. The Morgan fingerprint density at radius 1 is 1.15 bits per heavy atom. The molecule has 0 amide bonds. The molecule has 0 aliphatic heterocycles. The van der Waals surface area contributed by atoms with Crippen molar-refractivity contribution in [3.8, 4) is 5.75 Å². The molecule has 0 heterocycles. The summed E-state index contributed by atoms with van der Waals surface area (Å²) in [4.78, 5) is 13.1. The summed E-state index contributed by atoms with van der Waals surface area (Å²) in [5, 5.41) is 9.08. The summed E-state index contributed by atoms with van der Waals surface area (Å²) in [5.74, 6) is -0.638. The Morgan fingerprint density at radius 3 is 2.30 bits per heavy atom. The molecule has 20 heavy (non-hydrogen) atoms. The molecule has 0 atom stereocenters. The smallest absolute Gasteiger partial charge is 0.339 e. The van der Waals surface area contributed by atoms with Crippen LogP contribution < -0.4 is 4.74 Å². The lowest BCUT2D eigenvalue weighted by Crippen LogP contribution is -2.34. The van der Waals surface area contributed by atoms with E-state index >= 15 is 0 Å². The Morgan fingerprint density at radius 2 is 1.75 bits per heavy atom. The van der Waals surface area contributed by atoms with Gasteiger partial charge in [-0.1, -0.05) is 12.1 Å². The van der Waals surface area contributed by atoms with Gasteiger partial charge in [0.15, 0.2) is 0 Å². The van der Waals surface area contributed by atoms with Crippen molar-refractivity contribution in [3.05, 3.63) is 29.8 Å². The highest BCUT2D eigenvalue weighted by Crippen LogP contribution is 2.17. The van der Waals surface area contributed by atoms with E-state index in [1.165, 1.54) is 6.07 Å². The van der Waals surface area contributed by atoms with Crippen molar-refractivity contribution < 1.29 is 24.1 Å². The lowest BCUT2D eigenvalue weighted by molar-refractivity contribution is 0.0598. The molecule has 1 aromatic carbocycles. The average Bonchev–Trinajstić information content (AvgIpc) is 2.46. The number of rotatable bonds is 10. The summed E-state index contributed by atoms with van der Waals surface area (Å²) in [6, 6.07) is 6.58. The summed E-state index contributed by atoms with van der Waals surface area (Å²) in [7, 11) is 3.27. The number of hydrogen-bond acceptors (Lipinski definition) is 5. The molecule has 0 spiro atoms. The first kappa shape index (κ1) is 16.4. The molecular formula is C14H21NO5. The zero-order valence-corrected chi connectivity index (χ0v) is 11.9. The van der Waals surface area contributed by atoms with Crippen LogP contribution in [-0.4, -0.2) is 63.2 Å². The molecule has 0 aliphatic rings.